The molecule has 0 aromatic heterocycles. The van der Waals surface area contributed by atoms with Gasteiger partial charge in [0.2, 0.25) is 0 Å². The molecule has 1 aliphatic carbocycles. The smallest absolute Gasteiger partial charge is 0.252 e. The lowest BCUT2D eigenvalue weighted by atomic mass is 9.88. The first-order valence-corrected chi connectivity index (χ1v) is 6.92. The molecule has 1 fully saturated rings. The number of amides is 1. The van der Waals surface area contributed by atoms with Crippen LogP contribution in [0.3, 0.4) is 0 Å². The largest absolute Gasteiger partial charge is 0.488 e. The number of anilines is 1. The molecule has 4 N–H and O–H groups in total. The number of ether oxygens (including phenoxy) is 1. The zero-order valence-corrected chi connectivity index (χ0v) is 11.7. The van der Waals surface area contributed by atoms with Crippen molar-refractivity contribution in [3.05, 3.63) is 22.7 Å². The molecular weight excluding hydrogens is 264 g/mol. The molecule has 0 radical (unpaired) electrons. The summed E-state index contributed by atoms with van der Waals surface area (Å²) in [6.07, 6.45) is 4.53. The molecule has 1 saturated carbocycles. The highest BCUT2D eigenvalue weighted by atomic mass is 35.5. The van der Waals surface area contributed by atoms with Crippen LogP contribution in [-0.4, -0.2) is 12.0 Å². The summed E-state index contributed by atoms with van der Waals surface area (Å²) in [5.41, 5.74) is 11.7. The van der Waals surface area contributed by atoms with Crippen LogP contribution in [0.2, 0.25) is 5.02 Å². The van der Waals surface area contributed by atoms with E-state index >= 15 is 0 Å². The summed E-state index contributed by atoms with van der Waals surface area (Å²) in [6.45, 7) is 2.15. The summed E-state index contributed by atoms with van der Waals surface area (Å²) in [6, 6.07) is 3.09. The van der Waals surface area contributed by atoms with Gasteiger partial charge in [0.25, 0.3) is 5.91 Å². The van der Waals surface area contributed by atoms with Crippen molar-refractivity contribution in [2.24, 2.45) is 11.7 Å². The van der Waals surface area contributed by atoms with Crippen LogP contribution in [0.5, 0.6) is 5.75 Å². The normalized spacial score (nSPS) is 23.1. The van der Waals surface area contributed by atoms with Crippen molar-refractivity contribution in [1.82, 2.24) is 0 Å². The summed E-state index contributed by atoms with van der Waals surface area (Å²) >= 11 is 6.13. The zero-order chi connectivity index (χ0) is 14.0. The summed E-state index contributed by atoms with van der Waals surface area (Å²) in [4.78, 5) is 11.5. The van der Waals surface area contributed by atoms with Gasteiger partial charge in [0.1, 0.15) is 6.10 Å². The Hall–Kier alpha value is -1.42. The van der Waals surface area contributed by atoms with E-state index in [1.54, 1.807) is 6.07 Å². The number of hydrogen-bond donors (Lipinski definition) is 2. The van der Waals surface area contributed by atoms with Crippen LogP contribution in [0, 0.1) is 5.92 Å². The van der Waals surface area contributed by atoms with Gasteiger partial charge >= 0.3 is 0 Å². The standard InChI is InChI=1S/C14H19ClN2O2/c1-8-4-2-3-5-12(8)19-13-10(14(17)18)6-9(16)7-11(13)15/h6-8,12H,2-5,16H2,1H3,(H2,17,18). The van der Waals surface area contributed by atoms with Crippen molar-refractivity contribution in [1.29, 1.82) is 0 Å². The number of carbonyl (C=O) groups excluding carboxylic acids is 1. The molecule has 1 amide bonds. The Morgan fingerprint density at radius 3 is 2.68 bits per heavy atom. The van der Waals surface area contributed by atoms with Crippen LogP contribution in [-0.2, 0) is 0 Å². The molecule has 0 bridgehead atoms. The number of carbonyl (C=O) groups is 1. The maximum absolute atomic E-state index is 11.5. The first-order chi connectivity index (χ1) is 8.99. The van der Waals surface area contributed by atoms with Gasteiger partial charge in [-0.2, -0.15) is 0 Å². The predicted molar refractivity (Wildman–Crippen MR) is 76.4 cm³/mol. The number of hydrogen-bond acceptors (Lipinski definition) is 3. The molecule has 0 saturated heterocycles. The monoisotopic (exact) mass is 282 g/mol. The second-order valence-corrected chi connectivity index (χ2v) is 5.57. The Labute approximate surface area is 118 Å². The first kappa shape index (κ1) is 14.0. The van der Waals surface area contributed by atoms with Gasteiger partial charge < -0.3 is 16.2 Å². The van der Waals surface area contributed by atoms with E-state index in [0.717, 1.165) is 19.3 Å². The van der Waals surface area contributed by atoms with Gasteiger partial charge in [-0.25, -0.2) is 0 Å². The zero-order valence-electron chi connectivity index (χ0n) is 11.0. The van der Waals surface area contributed by atoms with Crippen molar-refractivity contribution >= 4 is 23.2 Å². The summed E-state index contributed by atoms with van der Waals surface area (Å²) in [5, 5.41) is 0.339. The Morgan fingerprint density at radius 1 is 1.37 bits per heavy atom. The fourth-order valence-corrected chi connectivity index (χ4v) is 2.80. The number of primary amides is 1. The fraction of sp³-hybridized carbons (Fsp3) is 0.500. The van der Waals surface area contributed by atoms with Crippen molar-refractivity contribution in [2.75, 3.05) is 5.73 Å². The van der Waals surface area contributed by atoms with Crippen LogP contribution >= 0.6 is 11.6 Å². The van der Waals surface area contributed by atoms with Gasteiger partial charge in [-0.15, -0.1) is 0 Å². The molecule has 19 heavy (non-hydrogen) atoms. The molecule has 0 spiro atoms. The second kappa shape index (κ2) is 5.70. The SMILES string of the molecule is CC1CCCCC1Oc1c(Cl)cc(N)cc1C(N)=O. The fourth-order valence-electron chi connectivity index (χ4n) is 2.53. The number of nitrogen functional groups attached to an aromatic ring is 1. The average molecular weight is 283 g/mol. The lowest BCUT2D eigenvalue weighted by Crippen LogP contribution is -2.29. The number of benzene rings is 1. The Bertz CT molecular complexity index is 491. The molecule has 0 heterocycles. The number of nitrogens with two attached hydrogens (primary N) is 2. The summed E-state index contributed by atoms with van der Waals surface area (Å²) in [5.74, 6) is 0.234. The van der Waals surface area contributed by atoms with Crippen molar-refractivity contribution in [3.8, 4) is 5.75 Å². The highest BCUT2D eigenvalue weighted by Crippen LogP contribution is 2.35. The Balaban J connectivity index is 2.30. The van der Waals surface area contributed by atoms with Gasteiger partial charge in [-0.05, 0) is 37.3 Å². The predicted octanol–water partition coefficient (Wildman–Crippen LogP) is 2.98. The molecule has 1 aromatic carbocycles. The molecule has 2 unspecified atom stereocenters. The van der Waals surface area contributed by atoms with Crippen molar-refractivity contribution in [2.45, 2.75) is 38.7 Å². The van der Waals surface area contributed by atoms with Crippen LogP contribution in [0.4, 0.5) is 5.69 Å². The minimum Gasteiger partial charge on any atom is -0.488 e. The third-order valence-electron chi connectivity index (χ3n) is 3.63. The third kappa shape index (κ3) is 3.13. The van der Waals surface area contributed by atoms with Gasteiger partial charge in [0.15, 0.2) is 5.75 Å². The van der Waals surface area contributed by atoms with E-state index in [9.17, 15) is 4.79 Å². The van der Waals surface area contributed by atoms with E-state index in [4.69, 9.17) is 27.8 Å². The Kier molecular flexibility index (Phi) is 4.20. The minimum absolute atomic E-state index is 0.0768. The third-order valence-corrected chi connectivity index (χ3v) is 3.91. The molecule has 2 atom stereocenters. The van der Waals surface area contributed by atoms with Gasteiger partial charge in [0, 0.05) is 5.69 Å². The van der Waals surface area contributed by atoms with Crippen LogP contribution in [0.15, 0.2) is 12.1 Å². The molecule has 0 aliphatic heterocycles. The molecule has 5 heteroatoms. The number of halogens is 1. The highest BCUT2D eigenvalue weighted by Gasteiger charge is 2.25. The quantitative estimate of drug-likeness (QED) is 0.837. The molecular formula is C14H19ClN2O2. The van der Waals surface area contributed by atoms with E-state index in [1.807, 2.05) is 0 Å². The van der Waals surface area contributed by atoms with Gasteiger partial charge in [-0.1, -0.05) is 24.9 Å². The van der Waals surface area contributed by atoms with Crippen LogP contribution in [0.25, 0.3) is 0 Å². The minimum atomic E-state index is -0.576. The molecule has 1 aromatic rings. The average Bonchev–Trinajstić information content (AvgIpc) is 2.34. The second-order valence-electron chi connectivity index (χ2n) is 5.16. The van der Waals surface area contributed by atoms with Crippen LogP contribution in [0.1, 0.15) is 43.0 Å². The van der Waals surface area contributed by atoms with E-state index in [2.05, 4.69) is 6.92 Å². The van der Waals surface area contributed by atoms with Crippen LogP contribution < -0.4 is 16.2 Å². The molecule has 104 valence electrons. The van der Waals surface area contributed by atoms with Gasteiger partial charge in [0.05, 0.1) is 10.6 Å². The summed E-state index contributed by atoms with van der Waals surface area (Å²) < 4.78 is 5.96. The summed E-state index contributed by atoms with van der Waals surface area (Å²) in [7, 11) is 0. The first-order valence-electron chi connectivity index (χ1n) is 6.54. The van der Waals surface area contributed by atoms with Gasteiger partial charge in [-0.3, -0.25) is 4.79 Å². The molecule has 2 rings (SSSR count). The van der Waals surface area contributed by atoms with Crippen molar-refractivity contribution < 1.29 is 9.53 Å². The maximum atomic E-state index is 11.5. The topological polar surface area (TPSA) is 78.3 Å². The Morgan fingerprint density at radius 2 is 2.05 bits per heavy atom. The molecule has 1 aliphatic rings. The van der Waals surface area contributed by atoms with E-state index in [0.29, 0.717) is 22.4 Å². The lowest BCUT2D eigenvalue weighted by Gasteiger charge is -2.30. The highest BCUT2D eigenvalue weighted by molar-refractivity contribution is 6.33. The van der Waals surface area contributed by atoms with E-state index < -0.39 is 5.91 Å². The van der Waals surface area contributed by atoms with E-state index in [-0.39, 0.29) is 11.7 Å². The lowest BCUT2D eigenvalue weighted by molar-refractivity contribution is 0.0934. The number of rotatable bonds is 3. The van der Waals surface area contributed by atoms with E-state index in [1.165, 1.54) is 12.5 Å². The maximum Gasteiger partial charge on any atom is 0.252 e. The van der Waals surface area contributed by atoms with Crippen molar-refractivity contribution in [3.63, 3.8) is 0 Å². The molecule has 4 nitrogen and oxygen atoms in total.